The summed E-state index contributed by atoms with van der Waals surface area (Å²) in [6.45, 7) is 5.13. The first kappa shape index (κ1) is 15.5. The van der Waals surface area contributed by atoms with Crippen molar-refractivity contribution < 1.29 is 24.2 Å². The summed E-state index contributed by atoms with van der Waals surface area (Å²) in [5.74, 6) is -1.66. The fourth-order valence-electron chi connectivity index (χ4n) is 1.82. The molecule has 0 bridgehead atoms. The van der Waals surface area contributed by atoms with Gasteiger partial charge in [0.15, 0.2) is 0 Å². The molecule has 2 unspecified atom stereocenters. The number of methoxy groups -OCH3 is 1. The highest BCUT2D eigenvalue weighted by atomic mass is 16.5. The van der Waals surface area contributed by atoms with Crippen molar-refractivity contribution in [1.82, 2.24) is 10.2 Å². The van der Waals surface area contributed by atoms with E-state index in [1.165, 1.54) is 4.90 Å². The number of nitrogens with zero attached hydrogens (tertiary/aromatic N) is 1. The molecule has 0 aromatic rings. The van der Waals surface area contributed by atoms with E-state index >= 15 is 0 Å². The Labute approximate surface area is 112 Å². The minimum absolute atomic E-state index is 0.125. The Kier molecular flexibility index (Phi) is 6.31. The number of carboxylic acids is 1. The number of hydrogen-bond acceptors (Lipinski definition) is 4. The minimum Gasteiger partial charge on any atom is -0.481 e. The van der Waals surface area contributed by atoms with Gasteiger partial charge in [-0.1, -0.05) is 6.08 Å². The van der Waals surface area contributed by atoms with Crippen molar-refractivity contribution in [2.45, 2.75) is 6.04 Å². The number of hydrogen-bond donors (Lipinski definition) is 2. The SMILES string of the molecule is C=CCN(CCOC)C(=O)NC1COCC1C(=O)O. The van der Waals surface area contributed by atoms with Gasteiger partial charge in [-0.3, -0.25) is 4.79 Å². The molecule has 1 rings (SSSR count). The minimum atomic E-state index is -0.963. The topological polar surface area (TPSA) is 88.1 Å². The first-order chi connectivity index (χ1) is 9.10. The number of carbonyl (C=O) groups is 2. The van der Waals surface area contributed by atoms with E-state index in [1.54, 1.807) is 13.2 Å². The summed E-state index contributed by atoms with van der Waals surface area (Å²) < 4.78 is 10.0. The van der Waals surface area contributed by atoms with Gasteiger partial charge in [-0.15, -0.1) is 6.58 Å². The van der Waals surface area contributed by atoms with Crippen molar-refractivity contribution in [1.29, 1.82) is 0 Å². The maximum Gasteiger partial charge on any atom is 0.318 e. The predicted molar refractivity (Wildman–Crippen MR) is 67.9 cm³/mol. The largest absolute Gasteiger partial charge is 0.481 e. The monoisotopic (exact) mass is 272 g/mol. The zero-order valence-corrected chi connectivity index (χ0v) is 11.0. The number of nitrogens with one attached hydrogen (secondary N) is 1. The van der Waals surface area contributed by atoms with E-state index in [1.807, 2.05) is 0 Å². The van der Waals surface area contributed by atoms with Crippen LogP contribution in [0.5, 0.6) is 0 Å². The van der Waals surface area contributed by atoms with Crippen LogP contribution in [0.4, 0.5) is 4.79 Å². The quantitative estimate of drug-likeness (QED) is 0.633. The Morgan fingerprint density at radius 2 is 2.32 bits per heavy atom. The molecule has 2 atom stereocenters. The summed E-state index contributed by atoms with van der Waals surface area (Å²) in [7, 11) is 1.55. The molecule has 108 valence electrons. The molecule has 0 aliphatic carbocycles. The van der Waals surface area contributed by atoms with E-state index < -0.39 is 17.9 Å². The van der Waals surface area contributed by atoms with Gasteiger partial charge in [0.05, 0.1) is 25.9 Å². The van der Waals surface area contributed by atoms with Gasteiger partial charge >= 0.3 is 12.0 Å². The molecule has 0 spiro atoms. The number of urea groups is 1. The van der Waals surface area contributed by atoms with E-state index in [9.17, 15) is 9.59 Å². The Bertz CT molecular complexity index is 334. The number of carboxylic acid groups (broad SMARTS) is 1. The van der Waals surface area contributed by atoms with Crippen LogP contribution in [0.1, 0.15) is 0 Å². The highest BCUT2D eigenvalue weighted by molar-refractivity contribution is 5.77. The molecule has 0 radical (unpaired) electrons. The van der Waals surface area contributed by atoms with E-state index in [4.69, 9.17) is 14.6 Å². The smallest absolute Gasteiger partial charge is 0.318 e. The van der Waals surface area contributed by atoms with Crippen molar-refractivity contribution in [2.75, 3.05) is 40.0 Å². The molecule has 0 saturated carbocycles. The highest BCUT2D eigenvalue weighted by Crippen LogP contribution is 2.14. The third-order valence-electron chi connectivity index (χ3n) is 2.91. The molecule has 1 aliphatic rings. The van der Waals surface area contributed by atoms with Crippen molar-refractivity contribution >= 4 is 12.0 Å². The molecule has 1 fully saturated rings. The zero-order chi connectivity index (χ0) is 14.3. The first-order valence-electron chi connectivity index (χ1n) is 6.06. The first-order valence-corrected chi connectivity index (χ1v) is 6.06. The Morgan fingerprint density at radius 3 is 2.89 bits per heavy atom. The van der Waals surface area contributed by atoms with Crippen molar-refractivity contribution in [3.63, 3.8) is 0 Å². The number of amides is 2. The maximum absolute atomic E-state index is 12.0. The molecule has 1 aliphatic heterocycles. The summed E-state index contributed by atoms with van der Waals surface area (Å²) in [6, 6.07) is -0.835. The second kappa shape index (κ2) is 7.75. The van der Waals surface area contributed by atoms with Crippen LogP contribution in [-0.2, 0) is 14.3 Å². The summed E-state index contributed by atoms with van der Waals surface area (Å²) in [5.41, 5.74) is 0. The van der Waals surface area contributed by atoms with Crippen LogP contribution in [0.2, 0.25) is 0 Å². The number of rotatable bonds is 7. The van der Waals surface area contributed by atoms with Gasteiger partial charge in [-0.05, 0) is 0 Å². The third kappa shape index (κ3) is 4.53. The van der Waals surface area contributed by atoms with E-state index in [-0.39, 0.29) is 19.2 Å². The molecular weight excluding hydrogens is 252 g/mol. The molecule has 1 heterocycles. The molecule has 7 nitrogen and oxygen atoms in total. The molecule has 1 saturated heterocycles. The average Bonchev–Trinajstić information content (AvgIpc) is 2.82. The van der Waals surface area contributed by atoms with Crippen molar-refractivity contribution in [3.8, 4) is 0 Å². The van der Waals surface area contributed by atoms with Gasteiger partial charge in [-0.25, -0.2) is 4.79 Å². The molecule has 2 N–H and O–H groups in total. The lowest BCUT2D eigenvalue weighted by Crippen LogP contribution is -2.49. The second-order valence-corrected chi connectivity index (χ2v) is 4.27. The number of ether oxygens (including phenoxy) is 2. The number of aliphatic carboxylic acids is 1. The summed E-state index contributed by atoms with van der Waals surface area (Å²) in [6.07, 6.45) is 1.61. The van der Waals surface area contributed by atoms with Crippen LogP contribution in [0.25, 0.3) is 0 Å². The lowest BCUT2D eigenvalue weighted by Gasteiger charge is -2.24. The molecule has 0 aromatic carbocycles. The van der Waals surface area contributed by atoms with Crippen molar-refractivity contribution in [3.05, 3.63) is 12.7 Å². The van der Waals surface area contributed by atoms with Gasteiger partial charge in [0.25, 0.3) is 0 Å². The predicted octanol–water partition coefficient (Wildman–Crippen LogP) is -0.0700. The van der Waals surface area contributed by atoms with E-state index in [2.05, 4.69) is 11.9 Å². The van der Waals surface area contributed by atoms with Crippen molar-refractivity contribution in [2.24, 2.45) is 5.92 Å². The summed E-state index contributed by atoms with van der Waals surface area (Å²) >= 11 is 0. The second-order valence-electron chi connectivity index (χ2n) is 4.27. The van der Waals surface area contributed by atoms with E-state index in [0.29, 0.717) is 19.7 Å². The number of carbonyl (C=O) groups excluding carboxylic acids is 1. The van der Waals surface area contributed by atoms with Crippen LogP contribution in [0.3, 0.4) is 0 Å². The van der Waals surface area contributed by atoms with Gasteiger partial charge in [0, 0.05) is 20.2 Å². The summed E-state index contributed by atoms with van der Waals surface area (Å²) in [4.78, 5) is 24.5. The van der Waals surface area contributed by atoms with E-state index in [0.717, 1.165) is 0 Å². The average molecular weight is 272 g/mol. The molecular formula is C12H20N2O5. The molecule has 7 heteroatoms. The fraction of sp³-hybridized carbons (Fsp3) is 0.667. The summed E-state index contributed by atoms with van der Waals surface area (Å²) in [5, 5.41) is 11.7. The Morgan fingerprint density at radius 1 is 1.58 bits per heavy atom. The normalized spacial score (nSPS) is 21.9. The Balaban J connectivity index is 2.54. The molecule has 19 heavy (non-hydrogen) atoms. The molecule has 0 aromatic heterocycles. The van der Waals surface area contributed by atoms with Crippen LogP contribution in [-0.4, -0.2) is 68.1 Å². The van der Waals surface area contributed by atoms with Gasteiger partial charge in [0.2, 0.25) is 0 Å². The lowest BCUT2D eigenvalue weighted by molar-refractivity contribution is -0.142. The standard InChI is InChI=1S/C12H20N2O5/c1-3-4-14(5-6-18-2)12(17)13-10-8-19-7-9(10)11(15)16/h3,9-10H,1,4-8H2,2H3,(H,13,17)(H,15,16). The van der Waals surface area contributed by atoms with Crippen LogP contribution < -0.4 is 5.32 Å². The Hall–Kier alpha value is -1.60. The third-order valence-corrected chi connectivity index (χ3v) is 2.91. The van der Waals surface area contributed by atoms with Crippen LogP contribution in [0, 0.1) is 5.92 Å². The van der Waals surface area contributed by atoms with Gasteiger partial charge < -0.3 is 24.8 Å². The van der Waals surface area contributed by atoms with Gasteiger partial charge in [0.1, 0.15) is 5.92 Å². The maximum atomic E-state index is 12.0. The lowest BCUT2D eigenvalue weighted by atomic mass is 10.0. The van der Waals surface area contributed by atoms with Crippen LogP contribution >= 0.6 is 0 Å². The van der Waals surface area contributed by atoms with Crippen LogP contribution in [0.15, 0.2) is 12.7 Å². The molecule has 2 amide bonds. The highest BCUT2D eigenvalue weighted by Gasteiger charge is 2.35. The zero-order valence-electron chi connectivity index (χ0n) is 11.0. The fourth-order valence-corrected chi connectivity index (χ4v) is 1.82. The van der Waals surface area contributed by atoms with Gasteiger partial charge in [-0.2, -0.15) is 0 Å².